The van der Waals surface area contributed by atoms with Crippen LogP contribution in [-0.2, 0) is 0 Å². The summed E-state index contributed by atoms with van der Waals surface area (Å²) in [5.74, 6) is 0.336. The van der Waals surface area contributed by atoms with Crippen molar-refractivity contribution in [3.05, 3.63) is 52.2 Å². The Bertz CT molecular complexity index is 603. The average Bonchev–Trinajstić information content (AvgIpc) is 2.45. The van der Waals surface area contributed by atoms with Crippen molar-refractivity contribution in [1.82, 2.24) is 9.97 Å². The van der Waals surface area contributed by atoms with E-state index in [-0.39, 0.29) is 23.4 Å². The van der Waals surface area contributed by atoms with Gasteiger partial charge in [0.1, 0.15) is 6.20 Å². The Kier molecular flexibility index (Phi) is 4.09. The molecule has 20 heavy (non-hydrogen) atoms. The summed E-state index contributed by atoms with van der Waals surface area (Å²) < 4.78 is 0. The maximum atomic E-state index is 10.9. The largest absolute Gasteiger partial charge is 0.368 e. The molecule has 0 amide bonds. The molecule has 0 fully saturated rings. The first-order valence-corrected chi connectivity index (χ1v) is 6.13. The van der Waals surface area contributed by atoms with Crippen molar-refractivity contribution in [3.63, 3.8) is 0 Å². The molecule has 1 aromatic heterocycles. The summed E-state index contributed by atoms with van der Waals surface area (Å²) in [5, 5.41) is 13.9. The minimum absolute atomic E-state index is 0.00506. The van der Waals surface area contributed by atoms with Gasteiger partial charge in [0, 0.05) is 6.54 Å². The van der Waals surface area contributed by atoms with E-state index in [4.69, 9.17) is 5.73 Å². The Morgan fingerprint density at radius 3 is 2.75 bits per heavy atom. The number of nitrogens with one attached hydrogen (secondary N) is 1. The number of nitro groups is 1. The molecule has 0 saturated heterocycles. The molecule has 1 heterocycles. The third kappa shape index (κ3) is 3.19. The van der Waals surface area contributed by atoms with Crippen LogP contribution < -0.4 is 11.1 Å². The van der Waals surface area contributed by atoms with Gasteiger partial charge in [0.2, 0.25) is 11.8 Å². The highest BCUT2D eigenvalue weighted by Crippen LogP contribution is 2.22. The van der Waals surface area contributed by atoms with E-state index in [0.29, 0.717) is 6.54 Å². The lowest BCUT2D eigenvalue weighted by Gasteiger charge is -2.13. The molecule has 0 radical (unpaired) electrons. The minimum Gasteiger partial charge on any atom is -0.368 e. The molecule has 7 nitrogen and oxygen atoms in total. The molecule has 0 aliphatic carbocycles. The molecule has 1 aromatic carbocycles. The van der Waals surface area contributed by atoms with Crippen molar-refractivity contribution in [1.29, 1.82) is 0 Å². The standard InChI is InChI=1S/C13H15N5O2/c1-9(10-5-3-2-4-6-10)7-15-12-11(18(19)20)8-16-13(14)17-12/h2-6,8-9H,7H2,1H3,(H3,14,15,16,17). The Morgan fingerprint density at radius 2 is 2.10 bits per heavy atom. The highest BCUT2D eigenvalue weighted by Gasteiger charge is 2.17. The van der Waals surface area contributed by atoms with Gasteiger partial charge in [-0.2, -0.15) is 4.98 Å². The smallest absolute Gasteiger partial charge is 0.329 e. The zero-order valence-corrected chi connectivity index (χ0v) is 11.0. The second-order valence-corrected chi connectivity index (χ2v) is 4.41. The molecule has 2 aromatic rings. The van der Waals surface area contributed by atoms with Gasteiger partial charge < -0.3 is 11.1 Å². The van der Waals surface area contributed by atoms with Gasteiger partial charge in [0.25, 0.3) is 0 Å². The highest BCUT2D eigenvalue weighted by molar-refractivity contribution is 5.56. The van der Waals surface area contributed by atoms with Gasteiger partial charge in [-0.3, -0.25) is 10.1 Å². The van der Waals surface area contributed by atoms with E-state index in [0.717, 1.165) is 11.8 Å². The molecule has 0 spiro atoms. The number of hydrogen-bond acceptors (Lipinski definition) is 6. The van der Waals surface area contributed by atoms with Crippen molar-refractivity contribution >= 4 is 17.5 Å². The molecular weight excluding hydrogens is 258 g/mol. The van der Waals surface area contributed by atoms with Crippen molar-refractivity contribution in [2.75, 3.05) is 17.6 Å². The number of anilines is 2. The fourth-order valence-electron chi connectivity index (χ4n) is 1.80. The molecule has 1 unspecified atom stereocenters. The van der Waals surface area contributed by atoms with Gasteiger partial charge in [-0.1, -0.05) is 37.3 Å². The third-order valence-electron chi connectivity index (χ3n) is 2.93. The van der Waals surface area contributed by atoms with Crippen LogP contribution in [0.4, 0.5) is 17.5 Å². The zero-order chi connectivity index (χ0) is 14.5. The lowest BCUT2D eigenvalue weighted by molar-refractivity contribution is -0.384. The number of nitrogens with two attached hydrogens (primary N) is 1. The minimum atomic E-state index is -0.533. The monoisotopic (exact) mass is 273 g/mol. The van der Waals surface area contributed by atoms with Crippen LogP contribution in [0.15, 0.2) is 36.5 Å². The first kappa shape index (κ1) is 13.7. The van der Waals surface area contributed by atoms with Crippen LogP contribution in [0, 0.1) is 10.1 Å². The number of nitrogens with zero attached hydrogens (tertiary/aromatic N) is 3. The van der Waals surface area contributed by atoms with Gasteiger partial charge in [-0.25, -0.2) is 4.98 Å². The predicted molar refractivity (Wildman–Crippen MR) is 76.4 cm³/mol. The van der Waals surface area contributed by atoms with E-state index in [9.17, 15) is 10.1 Å². The molecule has 0 aliphatic rings. The Labute approximate surface area is 116 Å². The molecule has 1 atom stereocenters. The zero-order valence-electron chi connectivity index (χ0n) is 11.0. The van der Waals surface area contributed by atoms with Crippen LogP contribution in [0.1, 0.15) is 18.4 Å². The Balaban J connectivity index is 2.11. The number of benzene rings is 1. The van der Waals surface area contributed by atoms with E-state index in [2.05, 4.69) is 15.3 Å². The summed E-state index contributed by atoms with van der Waals surface area (Å²) in [6.45, 7) is 2.54. The highest BCUT2D eigenvalue weighted by atomic mass is 16.6. The third-order valence-corrected chi connectivity index (χ3v) is 2.93. The van der Waals surface area contributed by atoms with Crippen molar-refractivity contribution in [2.45, 2.75) is 12.8 Å². The molecular formula is C13H15N5O2. The maximum Gasteiger partial charge on any atom is 0.329 e. The first-order valence-electron chi connectivity index (χ1n) is 6.13. The number of nitrogen functional groups attached to an aromatic ring is 1. The summed E-state index contributed by atoms with van der Waals surface area (Å²) >= 11 is 0. The van der Waals surface area contributed by atoms with Gasteiger partial charge in [-0.15, -0.1) is 0 Å². The van der Waals surface area contributed by atoms with Crippen molar-refractivity contribution in [3.8, 4) is 0 Å². The SMILES string of the molecule is CC(CNc1nc(N)ncc1[N+](=O)[O-])c1ccccc1. The van der Waals surface area contributed by atoms with Crippen LogP contribution in [0.25, 0.3) is 0 Å². The van der Waals surface area contributed by atoms with Crippen LogP contribution in [0.5, 0.6) is 0 Å². The lowest BCUT2D eigenvalue weighted by atomic mass is 10.0. The Morgan fingerprint density at radius 1 is 1.40 bits per heavy atom. The summed E-state index contributed by atoms with van der Waals surface area (Å²) in [6.07, 6.45) is 1.11. The molecule has 3 N–H and O–H groups in total. The lowest BCUT2D eigenvalue weighted by Crippen LogP contribution is -2.13. The summed E-state index contributed by atoms with van der Waals surface area (Å²) in [4.78, 5) is 17.9. The van der Waals surface area contributed by atoms with Crippen LogP contribution in [0.3, 0.4) is 0 Å². The number of aromatic nitrogens is 2. The van der Waals surface area contributed by atoms with E-state index >= 15 is 0 Å². The summed E-state index contributed by atoms with van der Waals surface area (Å²) in [7, 11) is 0. The van der Waals surface area contributed by atoms with Gasteiger partial charge in [0.05, 0.1) is 4.92 Å². The van der Waals surface area contributed by atoms with E-state index < -0.39 is 4.92 Å². The van der Waals surface area contributed by atoms with E-state index in [1.807, 2.05) is 37.3 Å². The number of hydrogen-bond donors (Lipinski definition) is 2. The predicted octanol–water partition coefficient (Wildman–Crippen LogP) is 2.18. The molecule has 0 bridgehead atoms. The second kappa shape index (κ2) is 5.96. The van der Waals surface area contributed by atoms with Crippen LogP contribution in [0.2, 0.25) is 0 Å². The van der Waals surface area contributed by atoms with Crippen molar-refractivity contribution in [2.24, 2.45) is 0 Å². The molecule has 104 valence electrons. The van der Waals surface area contributed by atoms with E-state index in [1.54, 1.807) is 0 Å². The summed E-state index contributed by atoms with van der Waals surface area (Å²) in [6, 6.07) is 9.87. The second-order valence-electron chi connectivity index (χ2n) is 4.41. The van der Waals surface area contributed by atoms with Crippen molar-refractivity contribution < 1.29 is 4.92 Å². The summed E-state index contributed by atoms with van der Waals surface area (Å²) in [5.41, 5.74) is 6.42. The van der Waals surface area contributed by atoms with Crippen LogP contribution in [-0.4, -0.2) is 21.4 Å². The number of rotatable bonds is 5. The first-order chi connectivity index (χ1) is 9.58. The van der Waals surface area contributed by atoms with E-state index in [1.165, 1.54) is 0 Å². The van der Waals surface area contributed by atoms with Gasteiger partial charge >= 0.3 is 5.69 Å². The molecule has 0 aliphatic heterocycles. The van der Waals surface area contributed by atoms with Crippen LogP contribution >= 0.6 is 0 Å². The molecule has 7 heteroatoms. The molecule has 2 rings (SSSR count). The molecule has 0 saturated carbocycles. The van der Waals surface area contributed by atoms with Gasteiger partial charge in [0.15, 0.2) is 0 Å². The maximum absolute atomic E-state index is 10.9. The van der Waals surface area contributed by atoms with Gasteiger partial charge in [-0.05, 0) is 11.5 Å². The quantitative estimate of drug-likeness (QED) is 0.638. The normalized spacial score (nSPS) is 11.8. The Hall–Kier alpha value is -2.70. The topological polar surface area (TPSA) is 107 Å². The average molecular weight is 273 g/mol. The fraction of sp³-hybridized carbons (Fsp3) is 0.231. The fourth-order valence-corrected chi connectivity index (χ4v) is 1.80.